The Morgan fingerprint density at radius 2 is 2.19 bits per heavy atom. The summed E-state index contributed by atoms with van der Waals surface area (Å²) in [7, 11) is 1.60. The number of ether oxygens (including phenoxy) is 1. The molecule has 0 amide bonds. The Bertz CT molecular complexity index is 423. The maximum absolute atomic E-state index is 10.2. The van der Waals surface area contributed by atoms with Crippen LogP contribution in [0.1, 0.15) is 19.4 Å². The fourth-order valence-electron chi connectivity index (χ4n) is 1.52. The van der Waals surface area contributed by atoms with Crippen LogP contribution in [0.2, 0.25) is 5.02 Å². The number of methoxy groups -OCH3 is 1. The zero-order valence-corrected chi connectivity index (χ0v) is 10.3. The lowest BCUT2D eigenvalue weighted by atomic mass is 9.84. The number of isocyanates is 1. The lowest BCUT2D eigenvalue weighted by molar-refractivity contribution is 0.393. The molecule has 86 valence electrons. The molecule has 0 bridgehead atoms. The number of carbonyl (C=O) groups excluding carboxylic acids is 1. The van der Waals surface area contributed by atoms with Gasteiger partial charge in [-0.25, -0.2) is 9.79 Å². The fourth-order valence-corrected chi connectivity index (χ4v) is 1.70. The van der Waals surface area contributed by atoms with Crippen molar-refractivity contribution in [3.05, 3.63) is 28.8 Å². The summed E-state index contributed by atoms with van der Waals surface area (Å²) in [4.78, 5) is 13.8. The first-order chi connectivity index (χ1) is 7.51. The third-order valence-corrected chi connectivity index (χ3v) is 2.66. The molecular formula is C12H14ClNO2. The molecule has 0 fully saturated rings. The molecule has 0 aromatic heterocycles. The van der Waals surface area contributed by atoms with E-state index in [1.807, 2.05) is 26.0 Å². The zero-order valence-electron chi connectivity index (χ0n) is 9.58. The smallest absolute Gasteiger partial charge is 0.234 e. The van der Waals surface area contributed by atoms with Crippen molar-refractivity contribution in [2.45, 2.75) is 19.3 Å². The van der Waals surface area contributed by atoms with Crippen LogP contribution in [0.15, 0.2) is 23.2 Å². The predicted molar refractivity (Wildman–Crippen MR) is 64.0 cm³/mol. The Balaban J connectivity index is 3.18. The van der Waals surface area contributed by atoms with E-state index in [4.69, 9.17) is 16.3 Å². The largest absolute Gasteiger partial charge is 0.496 e. The first-order valence-electron chi connectivity index (χ1n) is 4.89. The van der Waals surface area contributed by atoms with Crippen LogP contribution in [0.5, 0.6) is 5.75 Å². The third-order valence-electron chi connectivity index (χ3n) is 2.43. The van der Waals surface area contributed by atoms with Crippen LogP contribution in [0, 0.1) is 0 Å². The van der Waals surface area contributed by atoms with Gasteiger partial charge in [-0.2, -0.15) is 0 Å². The van der Waals surface area contributed by atoms with Crippen molar-refractivity contribution >= 4 is 17.7 Å². The van der Waals surface area contributed by atoms with E-state index < -0.39 is 0 Å². The van der Waals surface area contributed by atoms with Crippen molar-refractivity contribution in [1.29, 1.82) is 0 Å². The van der Waals surface area contributed by atoms with Crippen molar-refractivity contribution < 1.29 is 9.53 Å². The summed E-state index contributed by atoms with van der Waals surface area (Å²) in [6.07, 6.45) is 1.55. The van der Waals surface area contributed by atoms with E-state index >= 15 is 0 Å². The molecule has 0 saturated heterocycles. The minimum absolute atomic E-state index is 0.312. The summed E-state index contributed by atoms with van der Waals surface area (Å²) in [5.74, 6) is 0.746. The summed E-state index contributed by atoms with van der Waals surface area (Å²) in [6, 6.07) is 5.41. The van der Waals surface area contributed by atoms with Gasteiger partial charge in [0.15, 0.2) is 0 Å². The first-order valence-corrected chi connectivity index (χ1v) is 5.26. The maximum atomic E-state index is 10.2. The molecule has 0 aliphatic rings. The summed E-state index contributed by atoms with van der Waals surface area (Å²) >= 11 is 5.95. The van der Waals surface area contributed by atoms with Gasteiger partial charge in [-0.15, -0.1) is 0 Å². The molecule has 3 nitrogen and oxygen atoms in total. The van der Waals surface area contributed by atoms with E-state index in [9.17, 15) is 4.79 Å². The van der Waals surface area contributed by atoms with Crippen molar-refractivity contribution in [2.75, 3.05) is 13.7 Å². The minimum Gasteiger partial charge on any atom is -0.496 e. The highest BCUT2D eigenvalue weighted by Gasteiger charge is 2.24. The van der Waals surface area contributed by atoms with E-state index in [1.165, 1.54) is 0 Å². The SMILES string of the molecule is COc1ccc(Cl)cc1C(C)(C)CN=C=O. The van der Waals surface area contributed by atoms with Crippen molar-refractivity contribution in [1.82, 2.24) is 0 Å². The van der Waals surface area contributed by atoms with Crippen LogP contribution in [-0.4, -0.2) is 19.7 Å². The average molecular weight is 240 g/mol. The summed E-state index contributed by atoms with van der Waals surface area (Å²) in [5.41, 5.74) is 0.620. The fraction of sp³-hybridized carbons (Fsp3) is 0.417. The molecule has 0 atom stereocenters. The molecule has 0 aliphatic heterocycles. The lowest BCUT2D eigenvalue weighted by Gasteiger charge is -2.24. The number of rotatable bonds is 4. The van der Waals surface area contributed by atoms with Crippen molar-refractivity contribution in [3.63, 3.8) is 0 Å². The van der Waals surface area contributed by atoms with E-state index in [-0.39, 0.29) is 5.41 Å². The molecule has 4 heteroatoms. The Hall–Kier alpha value is -1.31. The highest BCUT2D eigenvalue weighted by Crippen LogP contribution is 2.33. The lowest BCUT2D eigenvalue weighted by Crippen LogP contribution is -2.22. The molecule has 0 aliphatic carbocycles. The number of hydrogen-bond acceptors (Lipinski definition) is 3. The summed E-state index contributed by atoms with van der Waals surface area (Å²) < 4.78 is 5.27. The second kappa shape index (κ2) is 5.15. The molecule has 0 unspecified atom stereocenters. The number of aliphatic imine (C=N–C) groups is 1. The molecular weight excluding hydrogens is 226 g/mol. The molecule has 16 heavy (non-hydrogen) atoms. The van der Waals surface area contributed by atoms with Crippen LogP contribution in [-0.2, 0) is 10.2 Å². The Morgan fingerprint density at radius 3 is 2.75 bits per heavy atom. The topological polar surface area (TPSA) is 38.7 Å². The zero-order chi connectivity index (χ0) is 12.2. The Labute approximate surface area is 100 Å². The predicted octanol–water partition coefficient (Wildman–Crippen LogP) is 2.96. The van der Waals surface area contributed by atoms with Gasteiger partial charge >= 0.3 is 0 Å². The van der Waals surface area contributed by atoms with Gasteiger partial charge in [-0.05, 0) is 18.2 Å². The molecule has 0 radical (unpaired) electrons. The second-order valence-corrected chi connectivity index (χ2v) is 4.57. The van der Waals surface area contributed by atoms with Crippen LogP contribution in [0.4, 0.5) is 0 Å². The highest BCUT2D eigenvalue weighted by molar-refractivity contribution is 6.30. The molecule has 1 rings (SSSR count). The van der Waals surface area contributed by atoms with Crippen molar-refractivity contribution in [3.8, 4) is 5.75 Å². The first kappa shape index (κ1) is 12.8. The molecule has 0 saturated carbocycles. The van der Waals surface area contributed by atoms with E-state index in [0.717, 1.165) is 11.3 Å². The summed E-state index contributed by atoms with van der Waals surface area (Å²) in [6.45, 7) is 4.30. The quantitative estimate of drug-likeness (QED) is 0.599. The number of nitrogens with zero attached hydrogens (tertiary/aromatic N) is 1. The van der Waals surface area contributed by atoms with Gasteiger partial charge in [0.1, 0.15) is 5.75 Å². The second-order valence-electron chi connectivity index (χ2n) is 4.14. The van der Waals surface area contributed by atoms with Gasteiger partial charge in [0.2, 0.25) is 6.08 Å². The van der Waals surface area contributed by atoms with Crippen LogP contribution in [0.3, 0.4) is 0 Å². The Morgan fingerprint density at radius 1 is 1.50 bits per heavy atom. The average Bonchev–Trinajstić information content (AvgIpc) is 2.26. The van der Waals surface area contributed by atoms with Crippen LogP contribution in [0.25, 0.3) is 0 Å². The number of halogens is 1. The van der Waals surface area contributed by atoms with E-state index in [1.54, 1.807) is 19.3 Å². The van der Waals surface area contributed by atoms with Gasteiger partial charge in [0.05, 0.1) is 13.7 Å². The van der Waals surface area contributed by atoms with Gasteiger partial charge in [-0.3, -0.25) is 0 Å². The van der Waals surface area contributed by atoms with Crippen molar-refractivity contribution in [2.24, 2.45) is 4.99 Å². The monoisotopic (exact) mass is 239 g/mol. The highest BCUT2D eigenvalue weighted by atomic mass is 35.5. The number of benzene rings is 1. The van der Waals surface area contributed by atoms with Crippen LogP contribution < -0.4 is 4.74 Å². The molecule has 0 spiro atoms. The number of hydrogen-bond donors (Lipinski definition) is 0. The molecule has 1 aromatic rings. The molecule has 0 heterocycles. The van der Waals surface area contributed by atoms with Gasteiger partial charge < -0.3 is 4.74 Å². The maximum Gasteiger partial charge on any atom is 0.234 e. The molecule has 1 aromatic carbocycles. The van der Waals surface area contributed by atoms with Crippen LogP contribution >= 0.6 is 11.6 Å². The Kier molecular flexibility index (Phi) is 4.11. The summed E-state index contributed by atoms with van der Waals surface area (Å²) in [5, 5.41) is 0.638. The minimum atomic E-state index is -0.312. The van der Waals surface area contributed by atoms with Gasteiger partial charge in [0, 0.05) is 16.0 Å². The standard InChI is InChI=1S/C12H14ClNO2/c1-12(2,7-14-8-15)10-6-9(13)4-5-11(10)16-3/h4-6H,7H2,1-3H3. The van der Waals surface area contributed by atoms with Gasteiger partial charge in [-0.1, -0.05) is 25.4 Å². The molecule has 0 N–H and O–H groups in total. The van der Waals surface area contributed by atoms with Gasteiger partial charge in [0.25, 0.3) is 0 Å². The van der Waals surface area contributed by atoms with E-state index in [2.05, 4.69) is 4.99 Å². The third kappa shape index (κ3) is 2.84. The normalized spacial score (nSPS) is 10.8. The van der Waals surface area contributed by atoms with E-state index in [0.29, 0.717) is 11.6 Å².